The highest BCUT2D eigenvalue weighted by atomic mass is 19.1. The summed E-state index contributed by atoms with van der Waals surface area (Å²) in [7, 11) is 1.51. The van der Waals surface area contributed by atoms with Gasteiger partial charge in [0, 0.05) is 18.7 Å². The predicted octanol–water partition coefficient (Wildman–Crippen LogP) is 3.05. The van der Waals surface area contributed by atoms with Gasteiger partial charge in [-0.15, -0.1) is 0 Å². The van der Waals surface area contributed by atoms with E-state index in [1.165, 1.54) is 25.7 Å². The molecule has 0 spiro atoms. The zero-order valence-corrected chi connectivity index (χ0v) is 12.8. The topological polar surface area (TPSA) is 49.8 Å². The molecule has 1 N–H and O–H groups in total. The number of methoxy groups -OCH3 is 1. The molecule has 5 heteroatoms. The van der Waals surface area contributed by atoms with Crippen LogP contribution in [0.4, 0.5) is 4.39 Å². The lowest BCUT2D eigenvalue weighted by molar-refractivity contribution is -0.142. The Balaban J connectivity index is 1.84. The first-order valence-electron chi connectivity index (χ1n) is 7.90. The molecule has 1 saturated heterocycles. The Kier molecular flexibility index (Phi) is 4.34. The summed E-state index contributed by atoms with van der Waals surface area (Å²) in [6.07, 6.45) is 5.20. The van der Waals surface area contributed by atoms with Gasteiger partial charge in [0.05, 0.1) is 7.11 Å². The number of rotatable bonds is 4. The second-order valence-electron chi connectivity index (χ2n) is 6.37. The van der Waals surface area contributed by atoms with E-state index in [9.17, 15) is 14.3 Å². The van der Waals surface area contributed by atoms with Gasteiger partial charge in [0.2, 0.25) is 0 Å². The SMILES string of the molecule is COc1cc(F)cc(CN2C(C(=O)O)CC3CCCCC32)c1. The zero-order chi connectivity index (χ0) is 15.7. The maximum Gasteiger partial charge on any atom is 0.320 e. The van der Waals surface area contributed by atoms with E-state index in [0.29, 0.717) is 30.7 Å². The number of halogens is 1. The Bertz CT molecular complexity index is 563. The van der Waals surface area contributed by atoms with Gasteiger partial charge in [-0.3, -0.25) is 9.69 Å². The lowest BCUT2D eigenvalue weighted by Gasteiger charge is -2.33. The zero-order valence-electron chi connectivity index (χ0n) is 12.8. The van der Waals surface area contributed by atoms with Crippen molar-refractivity contribution >= 4 is 5.97 Å². The Hall–Kier alpha value is -1.62. The van der Waals surface area contributed by atoms with Crippen LogP contribution in [0.2, 0.25) is 0 Å². The van der Waals surface area contributed by atoms with Crippen molar-refractivity contribution in [1.29, 1.82) is 0 Å². The summed E-state index contributed by atoms with van der Waals surface area (Å²) >= 11 is 0. The van der Waals surface area contributed by atoms with E-state index in [1.807, 2.05) is 0 Å². The summed E-state index contributed by atoms with van der Waals surface area (Å²) in [5.74, 6) is -0.176. The van der Waals surface area contributed by atoms with E-state index in [0.717, 1.165) is 24.8 Å². The van der Waals surface area contributed by atoms with Crippen molar-refractivity contribution < 1.29 is 19.0 Å². The van der Waals surface area contributed by atoms with E-state index >= 15 is 0 Å². The highest BCUT2D eigenvalue weighted by Crippen LogP contribution is 2.40. The smallest absolute Gasteiger partial charge is 0.320 e. The van der Waals surface area contributed by atoms with Crippen LogP contribution in [0.15, 0.2) is 18.2 Å². The van der Waals surface area contributed by atoms with E-state index < -0.39 is 12.0 Å². The van der Waals surface area contributed by atoms with Crippen LogP contribution in [-0.2, 0) is 11.3 Å². The van der Waals surface area contributed by atoms with E-state index in [2.05, 4.69) is 4.90 Å². The average Bonchev–Trinajstić information content (AvgIpc) is 2.86. The van der Waals surface area contributed by atoms with Gasteiger partial charge >= 0.3 is 5.97 Å². The van der Waals surface area contributed by atoms with Crippen molar-refractivity contribution in [3.63, 3.8) is 0 Å². The normalized spacial score (nSPS) is 28.4. The minimum Gasteiger partial charge on any atom is -0.497 e. The molecule has 1 saturated carbocycles. The number of hydrogen-bond donors (Lipinski definition) is 1. The fraction of sp³-hybridized carbons (Fsp3) is 0.588. The summed E-state index contributed by atoms with van der Waals surface area (Å²) in [6.45, 7) is 0.465. The monoisotopic (exact) mass is 307 g/mol. The molecule has 0 radical (unpaired) electrons. The van der Waals surface area contributed by atoms with Crippen molar-refractivity contribution in [3.8, 4) is 5.75 Å². The molecule has 2 aliphatic rings. The summed E-state index contributed by atoms with van der Waals surface area (Å²) in [6, 6.07) is 4.45. The van der Waals surface area contributed by atoms with Crippen molar-refractivity contribution in [2.45, 2.75) is 50.7 Å². The third-order valence-electron chi connectivity index (χ3n) is 5.04. The van der Waals surface area contributed by atoms with E-state index in [-0.39, 0.29) is 5.82 Å². The van der Waals surface area contributed by atoms with Crippen LogP contribution in [0, 0.1) is 11.7 Å². The second-order valence-corrected chi connectivity index (χ2v) is 6.37. The minimum absolute atomic E-state index is 0.309. The number of hydrogen-bond acceptors (Lipinski definition) is 3. The van der Waals surface area contributed by atoms with Crippen molar-refractivity contribution in [2.75, 3.05) is 7.11 Å². The molecule has 0 amide bonds. The molecule has 120 valence electrons. The second kappa shape index (κ2) is 6.24. The van der Waals surface area contributed by atoms with Crippen LogP contribution in [0.25, 0.3) is 0 Å². The lowest BCUT2D eigenvalue weighted by atomic mass is 9.84. The minimum atomic E-state index is -0.766. The number of carboxylic acids is 1. The van der Waals surface area contributed by atoms with Crippen molar-refractivity contribution in [2.24, 2.45) is 5.92 Å². The lowest BCUT2D eigenvalue weighted by Crippen LogP contribution is -2.41. The molecular formula is C17H22FNO3. The number of carbonyl (C=O) groups is 1. The molecule has 4 nitrogen and oxygen atoms in total. The van der Waals surface area contributed by atoms with Crippen LogP contribution in [0.1, 0.15) is 37.7 Å². The average molecular weight is 307 g/mol. The van der Waals surface area contributed by atoms with Crippen LogP contribution in [0.3, 0.4) is 0 Å². The van der Waals surface area contributed by atoms with Gasteiger partial charge in [-0.25, -0.2) is 4.39 Å². The molecule has 3 unspecified atom stereocenters. The quantitative estimate of drug-likeness (QED) is 0.929. The van der Waals surface area contributed by atoms with Gasteiger partial charge in [0.1, 0.15) is 17.6 Å². The third-order valence-corrected chi connectivity index (χ3v) is 5.04. The molecule has 1 aromatic rings. The molecule has 1 heterocycles. The van der Waals surface area contributed by atoms with Gasteiger partial charge < -0.3 is 9.84 Å². The molecule has 0 bridgehead atoms. The molecular weight excluding hydrogens is 285 g/mol. The maximum atomic E-state index is 13.7. The van der Waals surface area contributed by atoms with Gasteiger partial charge in [0.15, 0.2) is 0 Å². The molecule has 3 rings (SSSR count). The van der Waals surface area contributed by atoms with Crippen molar-refractivity contribution in [1.82, 2.24) is 4.90 Å². The van der Waals surface area contributed by atoms with Crippen LogP contribution < -0.4 is 4.74 Å². The van der Waals surface area contributed by atoms with Gasteiger partial charge in [-0.1, -0.05) is 12.8 Å². The summed E-state index contributed by atoms with van der Waals surface area (Å²) in [5, 5.41) is 9.52. The number of benzene rings is 1. The van der Waals surface area contributed by atoms with E-state index in [4.69, 9.17) is 4.74 Å². The standard InChI is InChI=1S/C17H22FNO3/c1-22-14-7-11(6-13(18)9-14)10-19-15-5-3-2-4-12(15)8-16(19)17(20)21/h6-7,9,12,15-16H,2-5,8,10H2,1H3,(H,20,21). The first-order valence-corrected chi connectivity index (χ1v) is 7.90. The van der Waals surface area contributed by atoms with E-state index in [1.54, 1.807) is 6.07 Å². The Morgan fingerprint density at radius 2 is 2.14 bits per heavy atom. The maximum absolute atomic E-state index is 13.7. The Morgan fingerprint density at radius 1 is 1.36 bits per heavy atom. The predicted molar refractivity (Wildman–Crippen MR) is 80.3 cm³/mol. The summed E-state index contributed by atoms with van der Waals surface area (Å²) < 4.78 is 18.8. The number of fused-ring (bicyclic) bond motifs is 1. The number of ether oxygens (including phenoxy) is 1. The fourth-order valence-electron chi connectivity index (χ4n) is 4.06. The summed E-state index contributed by atoms with van der Waals surface area (Å²) in [4.78, 5) is 13.7. The molecule has 3 atom stereocenters. The molecule has 1 aliphatic carbocycles. The molecule has 2 fully saturated rings. The third kappa shape index (κ3) is 2.95. The Labute approximate surface area is 129 Å². The molecule has 22 heavy (non-hydrogen) atoms. The molecule has 1 aromatic carbocycles. The number of carboxylic acid groups (broad SMARTS) is 1. The number of aliphatic carboxylic acids is 1. The Morgan fingerprint density at radius 3 is 2.86 bits per heavy atom. The highest BCUT2D eigenvalue weighted by molar-refractivity contribution is 5.74. The first kappa shape index (κ1) is 15.3. The van der Waals surface area contributed by atoms with Gasteiger partial charge in [-0.05, 0) is 42.9 Å². The van der Waals surface area contributed by atoms with Crippen LogP contribution >= 0.6 is 0 Å². The number of likely N-dealkylation sites (tertiary alicyclic amines) is 1. The molecule has 1 aliphatic heterocycles. The van der Waals surface area contributed by atoms with Crippen molar-refractivity contribution in [3.05, 3.63) is 29.6 Å². The summed E-state index contributed by atoms with van der Waals surface area (Å²) in [5.41, 5.74) is 0.773. The highest BCUT2D eigenvalue weighted by Gasteiger charge is 2.44. The number of nitrogens with zero attached hydrogens (tertiary/aromatic N) is 1. The fourth-order valence-corrected chi connectivity index (χ4v) is 4.06. The first-order chi connectivity index (χ1) is 10.6. The largest absolute Gasteiger partial charge is 0.497 e. The molecule has 0 aromatic heterocycles. The van der Waals surface area contributed by atoms with Gasteiger partial charge in [0.25, 0.3) is 0 Å². The van der Waals surface area contributed by atoms with Gasteiger partial charge in [-0.2, -0.15) is 0 Å². The van der Waals surface area contributed by atoms with Crippen LogP contribution in [-0.4, -0.2) is 35.2 Å². The van der Waals surface area contributed by atoms with Crippen LogP contribution in [0.5, 0.6) is 5.75 Å².